The van der Waals surface area contributed by atoms with E-state index in [1.807, 2.05) is 0 Å². The lowest BCUT2D eigenvalue weighted by Crippen LogP contribution is -2.12. The number of carbonyl (C=O) groups excluding carboxylic acids is 1. The Labute approximate surface area is 118 Å². The van der Waals surface area contributed by atoms with Crippen molar-refractivity contribution in [1.82, 2.24) is 0 Å². The van der Waals surface area contributed by atoms with E-state index in [9.17, 15) is 10.1 Å². The molecule has 1 heterocycles. The molecule has 2 rings (SSSR count). The van der Waals surface area contributed by atoms with Gasteiger partial charge in [-0.3, -0.25) is 4.79 Å². The molecule has 0 spiro atoms. The first-order valence-electron chi connectivity index (χ1n) is 6.96. The molecule has 0 bridgehead atoms. The van der Waals surface area contributed by atoms with Crippen LogP contribution in [0.1, 0.15) is 55.5 Å². The molecular formula is C15H20N2OS. The summed E-state index contributed by atoms with van der Waals surface area (Å²) in [5, 5.41) is 13.0. The van der Waals surface area contributed by atoms with E-state index in [0.29, 0.717) is 17.9 Å². The third-order valence-corrected chi connectivity index (χ3v) is 4.69. The molecule has 1 aliphatic rings. The van der Waals surface area contributed by atoms with Crippen molar-refractivity contribution in [2.75, 3.05) is 5.32 Å². The second kappa shape index (κ2) is 6.21. The van der Waals surface area contributed by atoms with Gasteiger partial charge in [-0.15, -0.1) is 11.3 Å². The highest BCUT2D eigenvalue weighted by Crippen LogP contribution is 2.37. The number of thiophene rings is 1. The minimum atomic E-state index is 0.0313. The standard InChI is InChI=1S/C15H20N2OS/c1-10(2)7-8-14(18)17-15-12(9-16)11-5-3-4-6-13(11)19-15/h10H,3-8H2,1-2H3,(H,17,18). The molecule has 0 aromatic carbocycles. The van der Waals surface area contributed by atoms with Crippen LogP contribution in [0.15, 0.2) is 0 Å². The molecule has 1 N–H and O–H groups in total. The fourth-order valence-corrected chi connectivity index (χ4v) is 3.64. The summed E-state index contributed by atoms with van der Waals surface area (Å²) in [6, 6.07) is 2.27. The maximum absolute atomic E-state index is 11.9. The summed E-state index contributed by atoms with van der Waals surface area (Å²) in [5.74, 6) is 0.557. The zero-order chi connectivity index (χ0) is 13.8. The smallest absolute Gasteiger partial charge is 0.225 e. The van der Waals surface area contributed by atoms with Crippen LogP contribution < -0.4 is 5.32 Å². The summed E-state index contributed by atoms with van der Waals surface area (Å²) in [7, 11) is 0. The van der Waals surface area contributed by atoms with Gasteiger partial charge in [-0.1, -0.05) is 13.8 Å². The van der Waals surface area contributed by atoms with Gasteiger partial charge in [0.1, 0.15) is 11.1 Å². The third-order valence-electron chi connectivity index (χ3n) is 3.48. The molecule has 3 nitrogen and oxygen atoms in total. The monoisotopic (exact) mass is 276 g/mol. The zero-order valence-corrected chi connectivity index (χ0v) is 12.4. The van der Waals surface area contributed by atoms with Crippen molar-refractivity contribution in [3.8, 4) is 6.07 Å². The fourth-order valence-electron chi connectivity index (χ4n) is 2.38. The van der Waals surface area contributed by atoms with Crippen molar-refractivity contribution in [3.05, 3.63) is 16.0 Å². The van der Waals surface area contributed by atoms with Gasteiger partial charge < -0.3 is 5.32 Å². The number of aryl methyl sites for hydroxylation is 1. The molecule has 0 fully saturated rings. The predicted molar refractivity (Wildman–Crippen MR) is 78.4 cm³/mol. The Bertz CT molecular complexity index is 511. The van der Waals surface area contributed by atoms with Crippen molar-refractivity contribution in [2.45, 2.75) is 52.4 Å². The van der Waals surface area contributed by atoms with Crippen LogP contribution in [0.4, 0.5) is 5.00 Å². The lowest BCUT2D eigenvalue weighted by Gasteiger charge is -2.09. The molecule has 102 valence electrons. The lowest BCUT2D eigenvalue weighted by atomic mass is 9.96. The number of amides is 1. The van der Waals surface area contributed by atoms with E-state index >= 15 is 0 Å². The number of nitrogens with one attached hydrogen (secondary N) is 1. The summed E-state index contributed by atoms with van der Waals surface area (Å²) in [5.41, 5.74) is 1.88. The number of hydrogen-bond acceptors (Lipinski definition) is 3. The van der Waals surface area contributed by atoms with Gasteiger partial charge in [0.25, 0.3) is 0 Å². The zero-order valence-electron chi connectivity index (χ0n) is 11.6. The Hall–Kier alpha value is -1.34. The summed E-state index contributed by atoms with van der Waals surface area (Å²) in [6.07, 6.45) is 5.80. The second-order valence-electron chi connectivity index (χ2n) is 5.51. The number of nitrogens with zero attached hydrogens (tertiary/aromatic N) is 1. The highest BCUT2D eigenvalue weighted by atomic mass is 32.1. The molecule has 19 heavy (non-hydrogen) atoms. The normalized spacial score (nSPS) is 14.0. The molecule has 1 aromatic heterocycles. The van der Waals surface area contributed by atoms with Crippen LogP contribution in [0.5, 0.6) is 0 Å². The first-order valence-corrected chi connectivity index (χ1v) is 7.78. The first kappa shape index (κ1) is 14.1. The summed E-state index contributed by atoms with van der Waals surface area (Å²) >= 11 is 1.59. The molecule has 1 amide bonds. The number of fused-ring (bicyclic) bond motifs is 1. The van der Waals surface area contributed by atoms with Crippen LogP contribution >= 0.6 is 11.3 Å². The van der Waals surface area contributed by atoms with Gasteiger partial charge in [0.05, 0.1) is 5.56 Å². The van der Waals surface area contributed by atoms with E-state index in [-0.39, 0.29) is 5.91 Å². The maximum atomic E-state index is 11.9. The predicted octanol–water partition coefficient (Wildman–Crippen LogP) is 3.87. The largest absolute Gasteiger partial charge is 0.317 e. The molecular weight excluding hydrogens is 256 g/mol. The maximum Gasteiger partial charge on any atom is 0.225 e. The lowest BCUT2D eigenvalue weighted by molar-refractivity contribution is -0.116. The quantitative estimate of drug-likeness (QED) is 0.907. The Morgan fingerprint density at radius 1 is 1.42 bits per heavy atom. The van der Waals surface area contributed by atoms with Crippen molar-refractivity contribution >= 4 is 22.2 Å². The van der Waals surface area contributed by atoms with Crippen LogP contribution in [0.2, 0.25) is 0 Å². The second-order valence-corrected chi connectivity index (χ2v) is 6.61. The van der Waals surface area contributed by atoms with E-state index in [1.54, 1.807) is 11.3 Å². The highest BCUT2D eigenvalue weighted by molar-refractivity contribution is 7.16. The van der Waals surface area contributed by atoms with Crippen LogP contribution in [-0.4, -0.2) is 5.91 Å². The van der Waals surface area contributed by atoms with E-state index in [4.69, 9.17) is 0 Å². The van der Waals surface area contributed by atoms with Crippen LogP contribution in [0.25, 0.3) is 0 Å². The van der Waals surface area contributed by atoms with Crippen molar-refractivity contribution < 1.29 is 4.79 Å². The van der Waals surface area contributed by atoms with Gasteiger partial charge >= 0.3 is 0 Å². The van der Waals surface area contributed by atoms with Crippen molar-refractivity contribution in [3.63, 3.8) is 0 Å². The van der Waals surface area contributed by atoms with Gasteiger partial charge in [0.2, 0.25) is 5.91 Å². The average Bonchev–Trinajstić information content (AvgIpc) is 2.73. The molecule has 4 heteroatoms. The van der Waals surface area contributed by atoms with Gasteiger partial charge in [-0.2, -0.15) is 5.26 Å². The van der Waals surface area contributed by atoms with Crippen molar-refractivity contribution in [2.24, 2.45) is 5.92 Å². The van der Waals surface area contributed by atoms with Gasteiger partial charge in [0.15, 0.2) is 0 Å². The van der Waals surface area contributed by atoms with Crippen LogP contribution in [0, 0.1) is 17.2 Å². The highest BCUT2D eigenvalue weighted by Gasteiger charge is 2.21. The topological polar surface area (TPSA) is 52.9 Å². The minimum Gasteiger partial charge on any atom is -0.317 e. The number of nitriles is 1. The molecule has 0 atom stereocenters. The molecule has 1 aliphatic carbocycles. The third kappa shape index (κ3) is 3.36. The number of carbonyl (C=O) groups is 1. The Kier molecular flexibility index (Phi) is 4.60. The SMILES string of the molecule is CC(C)CCC(=O)Nc1sc2c(c1C#N)CCCC2. The molecule has 0 aliphatic heterocycles. The van der Waals surface area contributed by atoms with E-state index in [2.05, 4.69) is 25.2 Å². The Morgan fingerprint density at radius 3 is 2.84 bits per heavy atom. The molecule has 0 saturated heterocycles. The van der Waals surface area contributed by atoms with E-state index < -0.39 is 0 Å². The van der Waals surface area contributed by atoms with Crippen molar-refractivity contribution in [1.29, 1.82) is 5.26 Å². The summed E-state index contributed by atoms with van der Waals surface area (Å²) < 4.78 is 0. The molecule has 0 unspecified atom stereocenters. The summed E-state index contributed by atoms with van der Waals surface area (Å²) in [6.45, 7) is 4.22. The summed E-state index contributed by atoms with van der Waals surface area (Å²) in [4.78, 5) is 13.2. The number of anilines is 1. The Balaban J connectivity index is 2.10. The number of hydrogen-bond donors (Lipinski definition) is 1. The van der Waals surface area contributed by atoms with Gasteiger partial charge in [0, 0.05) is 11.3 Å². The Morgan fingerprint density at radius 2 is 2.16 bits per heavy atom. The van der Waals surface area contributed by atoms with Gasteiger partial charge in [-0.25, -0.2) is 0 Å². The molecule has 1 aromatic rings. The van der Waals surface area contributed by atoms with Crippen LogP contribution in [0.3, 0.4) is 0 Å². The van der Waals surface area contributed by atoms with E-state index in [1.165, 1.54) is 16.9 Å². The molecule has 0 saturated carbocycles. The first-order chi connectivity index (χ1) is 9.11. The van der Waals surface area contributed by atoms with Crippen LogP contribution in [-0.2, 0) is 17.6 Å². The average molecular weight is 276 g/mol. The number of rotatable bonds is 4. The fraction of sp³-hybridized carbons (Fsp3) is 0.600. The van der Waals surface area contributed by atoms with E-state index in [0.717, 1.165) is 30.7 Å². The van der Waals surface area contributed by atoms with Gasteiger partial charge in [-0.05, 0) is 43.6 Å². The minimum absolute atomic E-state index is 0.0313. The molecule has 0 radical (unpaired) electrons.